The number of benzene rings is 1. The summed E-state index contributed by atoms with van der Waals surface area (Å²) in [5.41, 5.74) is 3.39. The summed E-state index contributed by atoms with van der Waals surface area (Å²) in [5.74, 6) is 0.709. The minimum atomic E-state index is 0.201. The summed E-state index contributed by atoms with van der Waals surface area (Å²) in [5, 5.41) is 10.1. The molecule has 1 aromatic carbocycles. The molecule has 31 heavy (non-hydrogen) atoms. The van der Waals surface area contributed by atoms with Gasteiger partial charge in [-0.25, -0.2) is 14.2 Å². The molecule has 2 aliphatic heterocycles. The zero-order chi connectivity index (χ0) is 21.2. The van der Waals surface area contributed by atoms with Crippen molar-refractivity contribution in [3.05, 3.63) is 58.7 Å². The van der Waals surface area contributed by atoms with Crippen LogP contribution >= 0.6 is 23.5 Å². The van der Waals surface area contributed by atoms with Crippen molar-refractivity contribution in [2.45, 2.75) is 44.8 Å². The molecule has 0 radical (unpaired) electrons. The van der Waals surface area contributed by atoms with Crippen molar-refractivity contribution in [2.24, 2.45) is 4.99 Å². The third-order valence-electron chi connectivity index (χ3n) is 5.76. The molecule has 0 aliphatic carbocycles. The van der Waals surface area contributed by atoms with E-state index in [-0.39, 0.29) is 6.17 Å². The summed E-state index contributed by atoms with van der Waals surface area (Å²) in [4.78, 5) is 11.8. The first kappa shape index (κ1) is 20.6. The number of halogens is 1. The normalized spacial score (nSPS) is 19.7. The van der Waals surface area contributed by atoms with E-state index in [0.29, 0.717) is 12.0 Å². The van der Waals surface area contributed by atoms with Gasteiger partial charge in [0.25, 0.3) is 0 Å². The summed E-state index contributed by atoms with van der Waals surface area (Å²) in [6.07, 6.45) is 6.12. The second-order valence-electron chi connectivity index (χ2n) is 8.08. The molecule has 162 valence electrons. The number of rotatable bonds is 5. The number of pyridine rings is 1. The van der Waals surface area contributed by atoms with Crippen molar-refractivity contribution in [1.82, 2.24) is 24.2 Å². The number of fused-ring (bicyclic) bond motifs is 1. The largest absolute Gasteiger partial charge is 0.350 e. The van der Waals surface area contributed by atoms with E-state index in [1.54, 1.807) is 11.9 Å². The highest BCUT2D eigenvalue weighted by Crippen LogP contribution is 2.22. The van der Waals surface area contributed by atoms with Crippen LogP contribution in [-0.2, 0) is 12.8 Å². The van der Waals surface area contributed by atoms with Gasteiger partial charge < -0.3 is 10.2 Å². The van der Waals surface area contributed by atoms with E-state index in [4.69, 9.17) is 16.6 Å². The summed E-state index contributed by atoms with van der Waals surface area (Å²) < 4.78 is 5.17. The summed E-state index contributed by atoms with van der Waals surface area (Å²) in [6, 6.07) is 12.6. The molecule has 7 nitrogen and oxygen atoms in total. The lowest BCUT2D eigenvalue weighted by molar-refractivity contribution is 0.328. The van der Waals surface area contributed by atoms with E-state index < -0.39 is 0 Å². The fourth-order valence-electron chi connectivity index (χ4n) is 4.05. The Balaban J connectivity index is 1.22. The lowest BCUT2D eigenvalue weighted by Crippen LogP contribution is -2.41. The van der Waals surface area contributed by atoms with E-state index >= 15 is 0 Å². The zero-order valence-electron chi connectivity index (χ0n) is 17.5. The van der Waals surface area contributed by atoms with E-state index in [1.807, 2.05) is 28.9 Å². The fraction of sp³-hybridized carbons (Fsp3) is 0.409. The van der Waals surface area contributed by atoms with Crippen molar-refractivity contribution >= 4 is 40.3 Å². The number of piperidine rings is 1. The lowest BCUT2D eigenvalue weighted by atomic mass is 10.1. The summed E-state index contributed by atoms with van der Waals surface area (Å²) in [7, 11) is 0. The van der Waals surface area contributed by atoms with Gasteiger partial charge in [0, 0.05) is 30.4 Å². The molecular weight excluding hydrogens is 430 g/mol. The van der Waals surface area contributed by atoms with Crippen molar-refractivity contribution in [3.63, 3.8) is 0 Å². The molecule has 0 amide bonds. The SMILES string of the molecule is CC1N=C(N2CCC(Nc3nc4c(CCc5ccc(Cl)cc5)cccn4n3)CC2)SN1. The molecule has 3 aromatic rings. The Labute approximate surface area is 191 Å². The maximum Gasteiger partial charge on any atom is 0.243 e. The van der Waals surface area contributed by atoms with Gasteiger partial charge in [-0.3, -0.25) is 0 Å². The molecule has 2 N–H and O–H groups in total. The van der Waals surface area contributed by atoms with Gasteiger partial charge in [0.15, 0.2) is 10.8 Å². The van der Waals surface area contributed by atoms with Gasteiger partial charge in [-0.15, -0.1) is 5.10 Å². The highest BCUT2D eigenvalue weighted by atomic mass is 35.5. The lowest BCUT2D eigenvalue weighted by Gasteiger charge is -2.32. The van der Waals surface area contributed by atoms with Crippen LogP contribution in [0.15, 0.2) is 47.6 Å². The van der Waals surface area contributed by atoms with Crippen molar-refractivity contribution in [3.8, 4) is 0 Å². The molecule has 0 spiro atoms. The third-order valence-corrected chi connectivity index (χ3v) is 7.02. The highest BCUT2D eigenvalue weighted by molar-refractivity contribution is 8.12. The Morgan fingerprint density at radius 1 is 1.16 bits per heavy atom. The summed E-state index contributed by atoms with van der Waals surface area (Å²) >= 11 is 7.64. The number of hydrogen-bond acceptors (Lipinski definition) is 7. The van der Waals surface area contributed by atoms with Gasteiger partial charge in [-0.1, -0.05) is 29.8 Å². The molecule has 0 saturated carbocycles. The quantitative estimate of drug-likeness (QED) is 0.567. The molecule has 1 saturated heterocycles. The molecular formula is C22H26ClN7S. The van der Waals surface area contributed by atoms with Gasteiger partial charge in [0.2, 0.25) is 5.95 Å². The molecule has 2 aliphatic rings. The monoisotopic (exact) mass is 455 g/mol. The predicted octanol–water partition coefficient (Wildman–Crippen LogP) is 4.00. The number of likely N-dealkylation sites (tertiary alicyclic amines) is 1. The second-order valence-corrected chi connectivity index (χ2v) is 9.32. The topological polar surface area (TPSA) is 69.8 Å². The van der Waals surface area contributed by atoms with E-state index in [9.17, 15) is 0 Å². The van der Waals surface area contributed by atoms with Gasteiger partial charge in [0.05, 0.1) is 0 Å². The maximum atomic E-state index is 6.00. The molecule has 9 heteroatoms. The predicted molar refractivity (Wildman–Crippen MR) is 128 cm³/mol. The fourth-order valence-corrected chi connectivity index (χ4v) is 5.03. The number of nitrogens with zero attached hydrogens (tertiary/aromatic N) is 5. The first-order chi connectivity index (χ1) is 15.1. The van der Waals surface area contributed by atoms with E-state index in [0.717, 1.165) is 54.6 Å². The Morgan fingerprint density at radius 3 is 2.71 bits per heavy atom. The summed E-state index contributed by atoms with van der Waals surface area (Å²) in [6.45, 7) is 4.07. The Kier molecular flexibility index (Phi) is 6.02. The van der Waals surface area contributed by atoms with Crippen LogP contribution in [0.3, 0.4) is 0 Å². The highest BCUT2D eigenvalue weighted by Gasteiger charge is 2.25. The van der Waals surface area contributed by atoms with E-state index in [2.05, 4.69) is 50.2 Å². The number of hydrogen-bond donors (Lipinski definition) is 2. The third kappa shape index (κ3) is 4.81. The molecule has 5 rings (SSSR count). The maximum absolute atomic E-state index is 6.00. The average Bonchev–Trinajstić information content (AvgIpc) is 3.40. The Hall–Kier alpha value is -2.29. The molecule has 4 heterocycles. The van der Waals surface area contributed by atoms with Gasteiger partial charge in [0.1, 0.15) is 6.17 Å². The Morgan fingerprint density at radius 2 is 1.97 bits per heavy atom. The molecule has 1 unspecified atom stereocenters. The molecule has 0 bridgehead atoms. The minimum Gasteiger partial charge on any atom is -0.350 e. The number of anilines is 1. The smallest absolute Gasteiger partial charge is 0.243 e. The molecule has 1 atom stereocenters. The van der Waals surface area contributed by atoms with Crippen LogP contribution in [-0.4, -0.2) is 50.0 Å². The number of aryl methyl sites for hydroxylation is 2. The van der Waals surface area contributed by atoms with Crippen molar-refractivity contribution in [2.75, 3.05) is 18.4 Å². The second kappa shape index (κ2) is 9.06. The van der Waals surface area contributed by atoms with Gasteiger partial charge >= 0.3 is 0 Å². The van der Waals surface area contributed by atoms with Gasteiger partial charge in [-0.2, -0.15) is 4.98 Å². The zero-order valence-corrected chi connectivity index (χ0v) is 19.0. The van der Waals surface area contributed by atoms with Crippen LogP contribution in [0.2, 0.25) is 5.02 Å². The number of nitrogens with one attached hydrogen (secondary N) is 2. The van der Waals surface area contributed by atoms with Crippen LogP contribution in [0.5, 0.6) is 0 Å². The number of aliphatic imine (C=N–C) groups is 1. The van der Waals surface area contributed by atoms with Crippen LogP contribution in [0, 0.1) is 0 Å². The van der Waals surface area contributed by atoms with Crippen molar-refractivity contribution < 1.29 is 0 Å². The van der Waals surface area contributed by atoms with Crippen LogP contribution in [0.4, 0.5) is 5.95 Å². The van der Waals surface area contributed by atoms with E-state index in [1.165, 1.54) is 11.1 Å². The molecule has 1 fully saturated rings. The van der Waals surface area contributed by atoms with Gasteiger partial charge in [-0.05, 0) is 73.9 Å². The minimum absolute atomic E-state index is 0.201. The first-order valence-electron chi connectivity index (χ1n) is 10.7. The van der Waals surface area contributed by atoms with Crippen molar-refractivity contribution in [1.29, 1.82) is 0 Å². The van der Waals surface area contributed by atoms with Crippen LogP contribution in [0.1, 0.15) is 30.9 Å². The van der Waals surface area contributed by atoms with Crippen LogP contribution < -0.4 is 10.0 Å². The first-order valence-corrected chi connectivity index (χ1v) is 11.9. The average molecular weight is 456 g/mol. The molecule has 2 aromatic heterocycles. The number of amidine groups is 1. The number of aromatic nitrogens is 3. The standard InChI is InChI=1S/C22H26ClN7S/c1-15-24-22(31-28-15)29-13-10-19(11-14-29)25-21-26-20-17(3-2-12-30(20)27-21)7-4-16-5-8-18(23)9-6-16/h2-3,5-6,8-9,12,15,19,28H,4,7,10-11,13-14H2,1H3,(H,25,27). The Bertz CT molecular complexity index is 1070. The van der Waals surface area contributed by atoms with Crippen LogP contribution in [0.25, 0.3) is 5.65 Å².